The van der Waals surface area contributed by atoms with Crippen molar-refractivity contribution in [3.8, 4) is 0 Å². The van der Waals surface area contributed by atoms with Crippen molar-refractivity contribution in [3.63, 3.8) is 0 Å². The van der Waals surface area contributed by atoms with Gasteiger partial charge in [-0.1, -0.05) is 17.8 Å². The van der Waals surface area contributed by atoms with Gasteiger partial charge in [0, 0.05) is 51.7 Å². The van der Waals surface area contributed by atoms with Crippen LogP contribution in [0.15, 0.2) is 101 Å². The number of nitro groups is 1. The number of thiocarbonyl (C=S) groups is 1. The van der Waals surface area contributed by atoms with Crippen LogP contribution in [0.3, 0.4) is 0 Å². The van der Waals surface area contributed by atoms with Crippen LogP contribution in [0.1, 0.15) is 44.1 Å². The lowest BCUT2D eigenvalue weighted by Crippen LogP contribution is -2.29. The molecule has 4 aromatic rings. The van der Waals surface area contributed by atoms with Gasteiger partial charge in [-0.25, -0.2) is 0 Å². The first-order valence-corrected chi connectivity index (χ1v) is 13.1. The second kappa shape index (κ2) is 9.99. The molecule has 0 amide bonds. The van der Waals surface area contributed by atoms with Gasteiger partial charge < -0.3 is 14.8 Å². The van der Waals surface area contributed by atoms with Crippen molar-refractivity contribution in [1.82, 2.24) is 14.9 Å². The molecule has 0 spiro atoms. The molecule has 9 heteroatoms. The molecule has 1 saturated heterocycles. The van der Waals surface area contributed by atoms with Crippen LogP contribution in [0.4, 0.5) is 11.4 Å². The number of hydrogen-bond acceptors (Lipinski definition) is 5. The molecule has 1 N–H and O–H groups in total. The highest BCUT2D eigenvalue weighted by molar-refractivity contribution is 7.99. The quantitative estimate of drug-likeness (QED) is 0.166. The zero-order valence-electron chi connectivity index (χ0n) is 20.7. The first-order chi connectivity index (χ1) is 17.7. The number of benzene rings is 2. The second-order valence-corrected chi connectivity index (χ2v) is 11.4. The minimum Gasteiger partial charge on any atom is -0.351 e. The molecule has 37 heavy (non-hydrogen) atoms. The molecular formula is C28H27N5O2S2. The van der Waals surface area contributed by atoms with Crippen molar-refractivity contribution in [3.05, 3.63) is 113 Å². The first kappa shape index (κ1) is 25.0. The average molecular weight is 530 g/mol. The van der Waals surface area contributed by atoms with Crippen LogP contribution in [-0.4, -0.2) is 19.6 Å². The van der Waals surface area contributed by atoms with Gasteiger partial charge in [0.25, 0.3) is 5.69 Å². The average Bonchev–Trinajstić information content (AvgIpc) is 3.50. The Morgan fingerprint density at radius 1 is 1.00 bits per heavy atom. The van der Waals surface area contributed by atoms with Crippen LogP contribution in [0.5, 0.6) is 0 Å². The third-order valence-electron chi connectivity index (χ3n) is 6.33. The predicted molar refractivity (Wildman–Crippen MR) is 151 cm³/mol. The van der Waals surface area contributed by atoms with Gasteiger partial charge in [-0.15, -0.1) is 0 Å². The first-order valence-electron chi connectivity index (χ1n) is 11.9. The lowest BCUT2D eigenvalue weighted by molar-refractivity contribution is -0.384. The fourth-order valence-corrected chi connectivity index (χ4v) is 5.59. The highest BCUT2D eigenvalue weighted by Crippen LogP contribution is 2.42. The van der Waals surface area contributed by atoms with Crippen molar-refractivity contribution in [2.75, 3.05) is 4.90 Å². The number of nitro benzene ring substituents is 1. The van der Waals surface area contributed by atoms with E-state index in [2.05, 4.69) is 83.3 Å². The summed E-state index contributed by atoms with van der Waals surface area (Å²) in [5.41, 5.74) is 3.13. The molecule has 0 bridgehead atoms. The van der Waals surface area contributed by atoms with Crippen molar-refractivity contribution in [2.45, 2.75) is 48.2 Å². The molecule has 0 radical (unpaired) electrons. The summed E-state index contributed by atoms with van der Waals surface area (Å²) in [4.78, 5) is 19.3. The minimum atomic E-state index is -0.388. The van der Waals surface area contributed by atoms with Crippen molar-refractivity contribution < 1.29 is 4.92 Å². The summed E-state index contributed by atoms with van der Waals surface area (Å²) in [5.74, 6) is 0. The maximum Gasteiger partial charge on any atom is 0.269 e. The second-order valence-electron chi connectivity index (χ2n) is 9.87. The molecule has 1 aliphatic rings. The van der Waals surface area contributed by atoms with Crippen molar-refractivity contribution >= 4 is 40.5 Å². The van der Waals surface area contributed by atoms with Crippen LogP contribution in [0.2, 0.25) is 0 Å². The van der Waals surface area contributed by atoms with Gasteiger partial charge in [0.15, 0.2) is 5.11 Å². The smallest absolute Gasteiger partial charge is 0.269 e. The topological polar surface area (TPSA) is 76.2 Å². The minimum absolute atomic E-state index is 0.0349. The van der Waals surface area contributed by atoms with E-state index in [1.54, 1.807) is 23.9 Å². The number of rotatable bonds is 6. The molecule has 0 saturated carbocycles. The number of hydrogen-bond donors (Lipinski definition) is 1. The Morgan fingerprint density at radius 3 is 2.24 bits per heavy atom. The lowest BCUT2D eigenvalue weighted by atomic mass is 9.98. The molecule has 3 heterocycles. The van der Waals surface area contributed by atoms with Gasteiger partial charge >= 0.3 is 0 Å². The molecular weight excluding hydrogens is 502 g/mol. The molecule has 188 valence electrons. The Labute approximate surface area is 225 Å². The Bertz CT molecular complexity index is 1410. The Balaban J connectivity index is 1.45. The van der Waals surface area contributed by atoms with E-state index in [9.17, 15) is 10.1 Å². The summed E-state index contributed by atoms with van der Waals surface area (Å²) in [6, 6.07) is 22.8. The number of nitrogens with zero attached hydrogens (tertiary/aromatic N) is 4. The van der Waals surface area contributed by atoms with Crippen LogP contribution < -0.4 is 10.2 Å². The number of anilines is 1. The molecule has 2 aromatic carbocycles. The highest BCUT2D eigenvalue weighted by Gasteiger charge is 2.41. The Hall–Kier alpha value is -3.69. The summed E-state index contributed by atoms with van der Waals surface area (Å²) >= 11 is 7.41. The predicted octanol–water partition coefficient (Wildman–Crippen LogP) is 6.87. The maximum atomic E-state index is 10.9. The van der Waals surface area contributed by atoms with E-state index in [4.69, 9.17) is 12.2 Å². The van der Waals surface area contributed by atoms with Crippen LogP contribution in [0.25, 0.3) is 0 Å². The Kier molecular flexibility index (Phi) is 6.74. The van der Waals surface area contributed by atoms with Gasteiger partial charge in [-0.2, -0.15) is 0 Å². The fourth-order valence-electron chi connectivity index (χ4n) is 4.42. The standard InChI is InChI=1S/C28H27N5O2S2/c1-28(2,3)31-17-15-19(18-31)26-25(24-6-4-5-16-29-24)30-27(36)32(26)20-7-11-22(12-8-20)37-23-13-9-21(10-14-23)33(34)35/h4-18,25-26H,1-3H3,(H,30,36)/t25-,26-/m1/s1. The highest BCUT2D eigenvalue weighted by atomic mass is 32.2. The molecule has 2 aromatic heterocycles. The maximum absolute atomic E-state index is 10.9. The molecule has 1 aliphatic heterocycles. The molecule has 7 nitrogen and oxygen atoms in total. The van der Waals surface area contributed by atoms with E-state index in [1.807, 2.05) is 24.4 Å². The van der Waals surface area contributed by atoms with E-state index in [-0.39, 0.29) is 28.2 Å². The lowest BCUT2D eigenvalue weighted by Gasteiger charge is -2.28. The van der Waals surface area contributed by atoms with E-state index >= 15 is 0 Å². The summed E-state index contributed by atoms with van der Waals surface area (Å²) in [5, 5.41) is 15.1. The monoisotopic (exact) mass is 529 g/mol. The van der Waals surface area contributed by atoms with Gasteiger partial charge in [0.05, 0.1) is 22.7 Å². The van der Waals surface area contributed by atoms with Crippen LogP contribution in [-0.2, 0) is 5.54 Å². The number of non-ortho nitro benzene ring substituents is 1. The molecule has 1 fully saturated rings. The van der Waals surface area contributed by atoms with Gasteiger partial charge in [-0.05, 0) is 93.1 Å². The Morgan fingerprint density at radius 2 is 1.68 bits per heavy atom. The van der Waals surface area contributed by atoms with Crippen LogP contribution in [0, 0.1) is 10.1 Å². The third-order valence-corrected chi connectivity index (χ3v) is 7.66. The molecule has 0 aliphatic carbocycles. The van der Waals surface area contributed by atoms with E-state index in [1.165, 1.54) is 12.1 Å². The summed E-state index contributed by atoms with van der Waals surface area (Å²) in [7, 11) is 0. The zero-order chi connectivity index (χ0) is 26.2. The largest absolute Gasteiger partial charge is 0.351 e. The molecule has 0 unspecified atom stereocenters. The van der Waals surface area contributed by atoms with Gasteiger partial charge in [0.1, 0.15) is 0 Å². The van der Waals surface area contributed by atoms with E-state index in [0.717, 1.165) is 26.7 Å². The number of nitrogens with one attached hydrogen (secondary N) is 1. The normalized spacial score (nSPS) is 17.6. The molecule has 2 atom stereocenters. The SMILES string of the molecule is CC(C)(C)n1ccc([C@@H]2[C@@H](c3ccccn3)NC(=S)N2c2ccc(Sc3ccc([N+](=O)[O-])cc3)cc2)c1. The summed E-state index contributed by atoms with van der Waals surface area (Å²) in [6.45, 7) is 6.55. The fraction of sp³-hybridized carbons (Fsp3) is 0.214. The van der Waals surface area contributed by atoms with Crippen LogP contribution >= 0.6 is 24.0 Å². The summed E-state index contributed by atoms with van der Waals surface area (Å²) in [6.07, 6.45) is 6.13. The van der Waals surface area contributed by atoms with E-state index < -0.39 is 0 Å². The van der Waals surface area contributed by atoms with E-state index in [0.29, 0.717) is 5.11 Å². The zero-order valence-corrected chi connectivity index (χ0v) is 22.4. The number of pyridine rings is 1. The third kappa shape index (κ3) is 5.23. The van der Waals surface area contributed by atoms with Crippen molar-refractivity contribution in [1.29, 1.82) is 0 Å². The van der Waals surface area contributed by atoms with Gasteiger partial charge in [-0.3, -0.25) is 15.1 Å². The molecule has 5 rings (SSSR count). The number of aromatic nitrogens is 2. The van der Waals surface area contributed by atoms with Gasteiger partial charge in [0.2, 0.25) is 0 Å². The summed E-state index contributed by atoms with van der Waals surface area (Å²) < 4.78 is 2.22. The van der Waals surface area contributed by atoms with Crippen molar-refractivity contribution in [2.24, 2.45) is 0 Å².